The minimum Gasteiger partial charge on any atom is -0.339 e. The van der Waals surface area contributed by atoms with E-state index < -0.39 is 11.7 Å². The third-order valence-corrected chi connectivity index (χ3v) is 4.01. The van der Waals surface area contributed by atoms with Crippen molar-refractivity contribution in [1.29, 1.82) is 0 Å². The van der Waals surface area contributed by atoms with Crippen LogP contribution >= 0.6 is 0 Å². The van der Waals surface area contributed by atoms with Crippen molar-refractivity contribution in [3.63, 3.8) is 0 Å². The summed E-state index contributed by atoms with van der Waals surface area (Å²) in [6.45, 7) is 1.97. The third kappa shape index (κ3) is 5.18. The molecule has 0 saturated heterocycles. The van der Waals surface area contributed by atoms with Crippen LogP contribution in [0.2, 0.25) is 0 Å². The van der Waals surface area contributed by atoms with Crippen molar-refractivity contribution in [2.24, 2.45) is 0 Å². The number of carbonyl (C=O) groups excluding carboxylic acids is 1. The van der Waals surface area contributed by atoms with Crippen molar-refractivity contribution in [3.8, 4) is 11.4 Å². The van der Waals surface area contributed by atoms with E-state index in [9.17, 15) is 18.0 Å². The summed E-state index contributed by atoms with van der Waals surface area (Å²) in [7, 11) is 0. The fourth-order valence-corrected chi connectivity index (χ4v) is 2.65. The molecule has 0 bridgehead atoms. The van der Waals surface area contributed by atoms with Gasteiger partial charge in [-0.3, -0.25) is 4.79 Å². The van der Waals surface area contributed by atoms with Gasteiger partial charge in [0.05, 0.1) is 5.56 Å². The number of alkyl halides is 3. The predicted octanol–water partition coefficient (Wildman–Crippen LogP) is 5.03. The molecule has 0 unspecified atom stereocenters. The average molecular weight is 389 g/mol. The van der Waals surface area contributed by atoms with Gasteiger partial charge in [-0.15, -0.1) is 0 Å². The van der Waals surface area contributed by atoms with E-state index in [1.165, 1.54) is 12.1 Å². The first kappa shape index (κ1) is 19.6. The fourth-order valence-electron chi connectivity index (χ4n) is 2.65. The van der Waals surface area contributed by atoms with E-state index in [1.807, 2.05) is 31.2 Å². The Labute approximate surface area is 159 Å². The van der Waals surface area contributed by atoms with Gasteiger partial charge in [-0.1, -0.05) is 35.0 Å². The van der Waals surface area contributed by atoms with Gasteiger partial charge in [-0.25, -0.2) is 0 Å². The van der Waals surface area contributed by atoms with E-state index in [0.29, 0.717) is 24.6 Å². The molecule has 0 fully saturated rings. The number of nitrogens with zero attached hydrogens (tertiary/aromatic N) is 2. The highest BCUT2D eigenvalue weighted by Gasteiger charge is 2.30. The second kappa shape index (κ2) is 8.24. The van der Waals surface area contributed by atoms with Gasteiger partial charge in [0.25, 0.3) is 0 Å². The molecule has 2 aromatic carbocycles. The second-order valence-electron chi connectivity index (χ2n) is 6.36. The van der Waals surface area contributed by atoms with Crippen molar-refractivity contribution < 1.29 is 22.5 Å². The lowest BCUT2D eigenvalue weighted by Crippen LogP contribution is -2.13. The molecule has 0 aliphatic carbocycles. The molecule has 5 nitrogen and oxygen atoms in total. The van der Waals surface area contributed by atoms with Crippen molar-refractivity contribution in [3.05, 3.63) is 65.5 Å². The first-order valence-corrected chi connectivity index (χ1v) is 8.68. The third-order valence-electron chi connectivity index (χ3n) is 4.01. The van der Waals surface area contributed by atoms with Crippen LogP contribution < -0.4 is 5.32 Å². The van der Waals surface area contributed by atoms with Crippen LogP contribution in [0.15, 0.2) is 53.1 Å². The van der Waals surface area contributed by atoms with Gasteiger partial charge in [-0.05, 0) is 37.6 Å². The van der Waals surface area contributed by atoms with Crippen LogP contribution in [0.25, 0.3) is 11.4 Å². The number of hydrogen-bond acceptors (Lipinski definition) is 4. The van der Waals surface area contributed by atoms with Crippen molar-refractivity contribution in [2.45, 2.75) is 32.4 Å². The molecule has 3 rings (SSSR count). The number of carbonyl (C=O) groups is 1. The summed E-state index contributed by atoms with van der Waals surface area (Å²) in [5.41, 5.74) is 1.23. The van der Waals surface area contributed by atoms with Gasteiger partial charge in [0, 0.05) is 24.1 Å². The van der Waals surface area contributed by atoms with Crippen LogP contribution in [0.4, 0.5) is 18.9 Å². The van der Waals surface area contributed by atoms with Gasteiger partial charge in [0.1, 0.15) is 0 Å². The van der Waals surface area contributed by atoms with E-state index in [2.05, 4.69) is 15.5 Å². The number of rotatable bonds is 6. The molecule has 0 spiro atoms. The summed E-state index contributed by atoms with van der Waals surface area (Å²) in [5, 5.41) is 6.40. The summed E-state index contributed by atoms with van der Waals surface area (Å²) in [6, 6.07) is 12.2. The molecule has 0 saturated carbocycles. The van der Waals surface area contributed by atoms with Crippen LogP contribution in [0.5, 0.6) is 0 Å². The standard InChI is InChI=1S/C20H18F3N3O2/c1-13-5-2-6-14(11-13)19-25-18(28-26-19)10-4-9-17(27)24-16-8-3-7-15(12-16)20(21,22)23/h2-3,5-8,11-12H,4,9-10H2,1H3,(H,24,27). The molecular formula is C20H18F3N3O2. The summed E-state index contributed by atoms with van der Waals surface area (Å²) >= 11 is 0. The van der Waals surface area contributed by atoms with Gasteiger partial charge in [0.2, 0.25) is 17.6 Å². The predicted molar refractivity (Wildman–Crippen MR) is 97.5 cm³/mol. The Balaban J connectivity index is 1.51. The Morgan fingerprint density at radius 2 is 1.93 bits per heavy atom. The Morgan fingerprint density at radius 3 is 2.68 bits per heavy atom. The van der Waals surface area contributed by atoms with E-state index in [0.717, 1.165) is 23.3 Å². The van der Waals surface area contributed by atoms with E-state index >= 15 is 0 Å². The molecule has 0 aliphatic heterocycles. The van der Waals surface area contributed by atoms with Crippen molar-refractivity contribution in [2.75, 3.05) is 5.32 Å². The smallest absolute Gasteiger partial charge is 0.339 e. The number of aryl methyl sites for hydroxylation is 2. The molecule has 28 heavy (non-hydrogen) atoms. The van der Waals surface area contributed by atoms with E-state index in [-0.39, 0.29) is 18.0 Å². The number of halogens is 3. The summed E-state index contributed by atoms with van der Waals surface area (Å²) < 4.78 is 43.3. The van der Waals surface area contributed by atoms with E-state index in [4.69, 9.17) is 4.52 Å². The Hall–Kier alpha value is -3.16. The molecule has 1 N–H and O–H groups in total. The number of hydrogen-bond donors (Lipinski definition) is 1. The summed E-state index contributed by atoms with van der Waals surface area (Å²) in [5.74, 6) is 0.508. The maximum Gasteiger partial charge on any atom is 0.416 e. The average Bonchev–Trinajstić information content (AvgIpc) is 3.10. The molecule has 1 amide bonds. The zero-order chi connectivity index (χ0) is 20.1. The maximum atomic E-state index is 12.7. The Morgan fingerprint density at radius 1 is 1.14 bits per heavy atom. The largest absolute Gasteiger partial charge is 0.416 e. The van der Waals surface area contributed by atoms with E-state index in [1.54, 1.807) is 0 Å². The molecule has 146 valence electrons. The zero-order valence-electron chi connectivity index (χ0n) is 15.1. The first-order chi connectivity index (χ1) is 13.3. The highest BCUT2D eigenvalue weighted by atomic mass is 19.4. The summed E-state index contributed by atoms with van der Waals surface area (Å²) in [6.07, 6.45) is -3.50. The molecule has 1 aromatic heterocycles. The monoisotopic (exact) mass is 389 g/mol. The molecule has 3 aromatic rings. The maximum absolute atomic E-state index is 12.7. The van der Waals surface area contributed by atoms with Crippen LogP contribution in [0, 0.1) is 6.92 Å². The minimum absolute atomic E-state index is 0.111. The fraction of sp³-hybridized carbons (Fsp3) is 0.250. The Bertz CT molecular complexity index is 967. The molecule has 0 radical (unpaired) electrons. The highest BCUT2D eigenvalue weighted by molar-refractivity contribution is 5.90. The van der Waals surface area contributed by atoms with Gasteiger partial charge < -0.3 is 9.84 Å². The molecular weight excluding hydrogens is 371 g/mol. The quantitative estimate of drug-likeness (QED) is 0.642. The number of aromatic nitrogens is 2. The normalized spacial score (nSPS) is 11.4. The number of anilines is 1. The van der Waals surface area contributed by atoms with Crippen LogP contribution in [0.1, 0.15) is 29.9 Å². The number of nitrogens with one attached hydrogen (secondary N) is 1. The lowest BCUT2D eigenvalue weighted by molar-refractivity contribution is -0.137. The van der Waals surface area contributed by atoms with Gasteiger partial charge in [-0.2, -0.15) is 18.2 Å². The molecule has 1 heterocycles. The lowest BCUT2D eigenvalue weighted by Gasteiger charge is -2.09. The van der Waals surface area contributed by atoms with Gasteiger partial charge in [0.15, 0.2) is 0 Å². The molecule has 0 atom stereocenters. The zero-order valence-corrected chi connectivity index (χ0v) is 15.1. The second-order valence-corrected chi connectivity index (χ2v) is 6.36. The number of amides is 1. The lowest BCUT2D eigenvalue weighted by atomic mass is 10.1. The van der Waals surface area contributed by atoms with Crippen LogP contribution in [-0.2, 0) is 17.4 Å². The highest BCUT2D eigenvalue weighted by Crippen LogP contribution is 2.30. The SMILES string of the molecule is Cc1cccc(-c2noc(CCCC(=O)Nc3cccc(C(F)(F)F)c3)n2)c1. The van der Waals surface area contributed by atoms with Crippen molar-refractivity contribution >= 4 is 11.6 Å². The number of benzene rings is 2. The first-order valence-electron chi connectivity index (χ1n) is 8.68. The van der Waals surface area contributed by atoms with Crippen LogP contribution in [0.3, 0.4) is 0 Å². The summed E-state index contributed by atoms with van der Waals surface area (Å²) in [4.78, 5) is 16.3. The Kier molecular flexibility index (Phi) is 5.77. The van der Waals surface area contributed by atoms with Crippen molar-refractivity contribution in [1.82, 2.24) is 10.1 Å². The molecule has 8 heteroatoms. The van der Waals surface area contributed by atoms with Gasteiger partial charge >= 0.3 is 6.18 Å². The van der Waals surface area contributed by atoms with Crippen LogP contribution in [-0.4, -0.2) is 16.0 Å². The minimum atomic E-state index is -4.45. The molecule has 0 aliphatic rings. The topological polar surface area (TPSA) is 68.0 Å².